The zero-order chi connectivity index (χ0) is 18.5. The molecule has 0 fully saturated rings. The second kappa shape index (κ2) is 7.97. The molecule has 7 heteroatoms. The van der Waals surface area contributed by atoms with Gasteiger partial charge < -0.3 is 10.1 Å². The fourth-order valence-electron chi connectivity index (χ4n) is 2.57. The number of rotatable bonds is 6. The van der Waals surface area contributed by atoms with Gasteiger partial charge in [0.2, 0.25) is 0 Å². The summed E-state index contributed by atoms with van der Waals surface area (Å²) in [6.07, 6.45) is 0.176. The van der Waals surface area contributed by atoms with Gasteiger partial charge in [0.05, 0.1) is 29.2 Å². The van der Waals surface area contributed by atoms with Crippen molar-refractivity contribution in [2.75, 3.05) is 11.9 Å². The number of amides is 1. The minimum atomic E-state index is -0.420. The molecular formula is C19H19N3O3S. The van der Waals surface area contributed by atoms with Crippen LogP contribution in [0.25, 0.3) is 5.69 Å². The number of ether oxygens (including phenoxy) is 1. The number of carbonyl (C=O) groups is 2. The first-order valence-corrected chi connectivity index (χ1v) is 9.02. The topological polar surface area (TPSA) is 73.2 Å². The standard InChI is InChI=1S/C19H19N3O3S/c1-13-19(14(2)22(21-13)15-7-4-3-5-8-15)20-17(23)12-25-18(24)11-16-9-6-10-26-16/h3-10H,11-12H2,1-2H3,(H,20,23). The van der Waals surface area contributed by atoms with Gasteiger partial charge in [-0.15, -0.1) is 11.3 Å². The first-order valence-electron chi connectivity index (χ1n) is 8.14. The van der Waals surface area contributed by atoms with Gasteiger partial charge in [-0.05, 0) is 37.4 Å². The van der Waals surface area contributed by atoms with E-state index in [0.717, 1.165) is 16.3 Å². The van der Waals surface area contributed by atoms with Crippen molar-refractivity contribution in [2.24, 2.45) is 0 Å². The molecule has 0 saturated carbocycles. The van der Waals surface area contributed by atoms with Gasteiger partial charge in [0.15, 0.2) is 6.61 Å². The van der Waals surface area contributed by atoms with Crippen LogP contribution >= 0.6 is 11.3 Å². The Morgan fingerprint density at radius 1 is 1.15 bits per heavy atom. The fourth-order valence-corrected chi connectivity index (χ4v) is 3.26. The van der Waals surface area contributed by atoms with E-state index in [2.05, 4.69) is 10.4 Å². The number of anilines is 1. The monoisotopic (exact) mass is 369 g/mol. The predicted molar refractivity (Wildman–Crippen MR) is 101 cm³/mol. The summed E-state index contributed by atoms with van der Waals surface area (Å²) in [5.41, 5.74) is 3.06. The van der Waals surface area contributed by atoms with E-state index in [9.17, 15) is 9.59 Å². The molecular weight excluding hydrogens is 350 g/mol. The van der Waals surface area contributed by atoms with Gasteiger partial charge in [-0.2, -0.15) is 5.10 Å². The number of hydrogen-bond donors (Lipinski definition) is 1. The van der Waals surface area contributed by atoms with Gasteiger partial charge in [-0.3, -0.25) is 9.59 Å². The SMILES string of the molecule is Cc1nn(-c2ccccc2)c(C)c1NC(=O)COC(=O)Cc1cccs1. The van der Waals surface area contributed by atoms with Crippen LogP contribution < -0.4 is 5.32 Å². The third-order valence-corrected chi connectivity index (χ3v) is 4.70. The third-order valence-electron chi connectivity index (χ3n) is 3.82. The lowest BCUT2D eigenvalue weighted by atomic mass is 10.3. The number of thiophene rings is 1. The van der Waals surface area contributed by atoms with Crippen LogP contribution in [0.2, 0.25) is 0 Å². The first-order chi connectivity index (χ1) is 12.5. The maximum Gasteiger partial charge on any atom is 0.311 e. The van der Waals surface area contributed by atoms with Crippen LogP contribution in [0.4, 0.5) is 5.69 Å². The van der Waals surface area contributed by atoms with Crippen molar-refractivity contribution in [1.82, 2.24) is 9.78 Å². The minimum absolute atomic E-state index is 0.176. The molecule has 0 aliphatic carbocycles. The van der Waals surface area contributed by atoms with Crippen LogP contribution in [-0.2, 0) is 20.7 Å². The van der Waals surface area contributed by atoms with E-state index in [0.29, 0.717) is 11.4 Å². The van der Waals surface area contributed by atoms with E-state index < -0.39 is 5.97 Å². The molecule has 0 aliphatic rings. The number of nitrogens with one attached hydrogen (secondary N) is 1. The van der Waals surface area contributed by atoms with Crippen molar-refractivity contribution in [3.8, 4) is 5.69 Å². The van der Waals surface area contributed by atoms with Crippen molar-refractivity contribution >= 4 is 28.9 Å². The summed E-state index contributed by atoms with van der Waals surface area (Å²) in [4.78, 5) is 24.8. The predicted octanol–water partition coefficient (Wildman–Crippen LogP) is 3.28. The molecule has 0 unspecified atom stereocenters. The van der Waals surface area contributed by atoms with E-state index >= 15 is 0 Å². The Labute approximate surface area is 155 Å². The van der Waals surface area contributed by atoms with Crippen molar-refractivity contribution in [3.63, 3.8) is 0 Å². The number of nitrogens with zero attached hydrogens (tertiary/aromatic N) is 2. The number of esters is 1. The molecule has 2 aromatic heterocycles. The highest BCUT2D eigenvalue weighted by atomic mass is 32.1. The summed E-state index contributed by atoms with van der Waals surface area (Å²) in [6, 6.07) is 13.4. The lowest BCUT2D eigenvalue weighted by Gasteiger charge is -2.08. The maximum atomic E-state index is 12.1. The van der Waals surface area contributed by atoms with Gasteiger partial charge in [-0.1, -0.05) is 24.3 Å². The smallest absolute Gasteiger partial charge is 0.311 e. The maximum absolute atomic E-state index is 12.1. The van der Waals surface area contributed by atoms with Crippen molar-refractivity contribution in [1.29, 1.82) is 0 Å². The Balaban J connectivity index is 1.61. The van der Waals surface area contributed by atoms with Crippen LogP contribution in [0.5, 0.6) is 0 Å². The summed E-state index contributed by atoms with van der Waals surface area (Å²) < 4.78 is 6.82. The normalized spacial score (nSPS) is 10.5. The van der Waals surface area contributed by atoms with E-state index in [1.165, 1.54) is 11.3 Å². The highest BCUT2D eigenvalue weighted by molar-refractivity contribution is 7.10. The van der Waals surface area contributed by atoms with Crippen LogP contribution in [0.15, 0.2) is 47.8 Å². The van der Waals surface area contributed by atoms with Gasteiger partial charge >= 0.3 is 5.97 Å². The molecule has 0 radical (unpaired) electrons. The molecule has 2 heterocycles. The minimum Gasteiger partial charge on any atom is -0.455 e. The molecule has 1 amide bonds. The Morgan fingerprint density at radius 2 is 1.92 bits per heavy atom. The average Bonchev–Trinajstić information content (AvgIpc) is 3.24. The second-order valence-electron chi connectivity index (χ2n) is 5.76. The van der Waals surface area contributed by atoms with E-state index in [1.807, 2.05) is 61.7 Å². The van der Waals surface area contributed by atoms with Crippen molar-refractivity contribution < 1.29 is 14.3 Å². The lowest BCUT2D eigenvalue weighted by Crippen LogP contribution is -2.22. The molecule has 3 aromatic rings. The zero-order valence-corrected chi connectivity index (χ0v) is 15.4. The largest absolute Gasteiger partial charge is 0.455 e. The molecule has 0 bridgehead atoms. The number of benzene rings is 1. The van der Waals surface area contributed by atoms with Gasteiger partial charge in [-0.25, -0.2) is 4.68 Å². The number of para-hydroxylation sites is 1. The fraction of sp³-hybridized carbons (Fsp3) is 0.211. The van der Waals surface area contributed by atoms with Gasteiger partial charge in [0.1, 0.15) is 0 Å². The summed E-state index contributed by atoms with van der Waals surface area (Å²) in [7, 11) is 0. The Kier molecular flexibility index (Phi) is 5.48. The quantitative estimate of drug-likeness (QED) is 0.677. The molecule has 0 saturated heterocycles. The third kappa shape index (κ3) is 4.18. The second-order valence-corrected chi connectivity index (χ2v) is 6.79. The molecule has 3 rings (SSSR count). The van der Waals surface area contributed by atoms with E-state index in [4.69, 9.17) is 4.74 Å². The van der Waals surface area contributed by atoms with Crippen LogP contribution in [-0.4, -0.2) is 28.3 Å². The summed E-state index contributed by atoms with van der Waals surface area (Å²) >= 11 is 1.48. The Hall–Kier alpha value is -2.93. The van der Waals surface area contributed by atoms with Gasteiger partial charge in [0.25, 0.3) is 5.91 Å². The highest BCUT2D eigenvalue weighted by Gasteiger charge is 2.16. The molecule has 0 atom stereocenters. The van der Waals surface area contributed by atoms with E-state index in [1.54, 1.807) is 4.68 Å². The molecule has 26 heavy (non-hydrogen) atoms. The number of hydrogen-bond acceptors (Lipinski definition) is 5. The Bertz CT molecular complexity index is 902. The van der Waals surface area contributed by atoms with Gasteiger partial charge in [0, 0.05) is 4.88 Å². The Morgan fingerprint density at radius 3 is 2.62 bits per heavy atom. The number of aromatic nitrogens is 2. The van der Waals surface area contributed by atoms with Crippen molar-refractivity contribution in [3.05, 3.63) is 64.1 Å². The van der Waals surface area contributed by atoms with Crippen LogP contribution in [0.3, 0.4) is 0 Å². The van der Waals surface area contributed by atoms with Crippen LogP contribution in [0, 0.1) is 13.8 Å². The molecule has 0 aliphatic heterocycles. The summed E-state index contributed by atoms with van der Waals surface area (Å²) in [5.74, 6) is -0.806. The molecule has 134 valence electrons. The lowest BCUT2D eigenvalue weighted by molar-refractivity contribution is -0.146. The first kappa shape index (κ1) is 17.9. The van der Waals surface area contributed by atoms with Crippen LogP contribution in [0.1, 0.15) is 16.3 Å². The molecule has 1 aromatic carbocycles. The van der Waals surface area contributed by atoms with Crippen molar-refractivity contribution in [2.45, 2.75) is 20.3 Å². The van der Waals surface area contributed by atoms with E-state index in [-0.39, 0.29) is 18.9 Å². The summed E-state index contributed by atoms with van der Waals surface area (Å²) in [5, 5.41) is 9.15. The number of carbonyl (C=O) groups excluding carboxylic acids is 2. The molecule has 0 spiro atoms. The average molecular weight is 369 g/mol. The highest BCUT2D eigenvalue weighted by Crippen LogP contribution is 2.22. The zero-order valence-electron chi connectivity index (χ0n) is 14.6. The molecule has 6 nitrogen and oxygen atoms in total. The summed E-state index contributed by atoms with van der Waals surface area (Å²) in [6.45, 7) is 3.38. The molecule has 1 N–H and O–H groups in total. The number of aryl methyl sites for hydroxylation is 1.